The van der Waals surface area contributed by atoms with Gasteiger partial charge in [0.05, 0.1) is 24.0 Å². The van der Waals surface area contributed by atoms with Gasteiger partial charge in [-0.3, -0.25) is 4.79 Å². The number of nitrogens with zero attached hydrogens (tertiary/aromatic N) is 1. The number of nitrogens with two attached hydrogens (primary N) is 1. The number of amides is 1. The van der Waals surface area contributed by atoms with Crippen LogP contribution in [0.4, 0.5) is 11.4 Å². The minimum absolute atomic E-state index is 0.0105. The summed E-state index contributed by atoms with van der Waals surface area (Å²) in [6, 6.07) is 10.0. The third kappa shape index (κ3) is 2.19. The van der Waals surface area contributed by atoms with Gasteiger partial charge in [-0.15, -0.1) is 11.3 Å². The zero-order valence-corrected chi connectivity index (χ0v) is 12.1. The molecular formula is C15H17N3OS. The minimum atomic E-state index is 0.0105. The van der Waals surface area contributed by atoms with E-state index < -0.39 is 0 Å². The summed E-state index contributed by atoms with van der Waals surface area (Å²) < 4.78 is 0. The van der Waals surface area contributed by atoms with E-state index >= 15 is 0 Å². The van der Waals surface area contributed by atoms with Gasteiger partial charge in [0, 0.05) is 11.4 Å². The van der Waals surface area contributed by atoms with E-state index in [1.807, 2.05) is 24.3 Å². The van der Waals surface area contributed by atoms with Gasteiger partial charge >= 0.3 is 0 Å². The molecule has 1 aromatic heterocycles. The van der Waals surface area contributed by atoms with Crippen LogP contribution in [0.5, 0.6) is 0 Å². The van der Waals surface area contributed by atoms with Crippen LogP contribution in [0.25, 0.3) is 0 Å². The number of anilines is 2. The highest BCUT2D eigenvalue weighted by molar-refractivity contribution is 7.10. The van der Waals surface area contributed by atoms with Crippen molar-refractivity contribution in [2.24, 2.45) is 5.73 Å². The normalized spacial score (nSPS) is 15.7. The molecule has 1 aliphatic heterocycles. The predicted molar refractivity (Wildman–Crippen MR) is 83.3 cm³/mol. The molecule has 0 spiro atoms. The molecule has 1 aromatic carbocycles. The lowest BCUT2D eigenvalue weighted by molar-refractivity contribution is -0.115. The van der Waals surface area contributed by atoms with Gasteiger partial charge in [0.2, 0.25) is 5.91 Å². The molecule has 3 N–H and O–H groups in total. The van der Waals surface area contributed by atoms with Crippen molar-refractivity contribution in [3.05, 3.63) is 46.2 Å². The van der Waals surface area contributed by atoms with Crippen molar-refractivity contribution in [1.29, 1.82) is 0 Å². The lowest BCUT2D eigenvalue weighted by Crippen LogP contribution is -2.43. The average molecular weight is 287 g/mol. The van der Waals surface area contributed by atoms with E-state index in [2.05, 4.69) is 28.6 Å². The molecule has 0 radical (unpaired) electrons. The summed E-state index contributed by atoms with van der Waals surface area (Å²) >= 11 is 1.70. The highest BCUT2D eigenvalue weighted by Gasteiger charge is 2.29. The van der Waals surface area contributed by atoms with E-state index in [1.165, 1.54) is 10.4 Å². The van der Waals surface area contributed by atoms with Crippen molar-refractivity contribution in [2.75, 3.05) is 23.3 Å². The van der Waals surface area contributed by atoms with Crippen LogP contribution in [0.3, 0.4) is 0 Å². The van der Waals surface area contributed by atoms with E-state index in [-0.39, 0.29) is 11.9 Å². The Labute approximate surface area is 122 Å². The topological polar surface area (TPSA) is 58.4 Å². The number of carbonyl (C=O) groups excluding carboxylic acids is 1. The molecule has 3 rings (SSSR count). The molecule has 20 heavy (non-hydrogen) atoms. The number of nitrogens with one attached hydrogen (secondary N) is 1. The number of rotatable bonds is 3. The quantitative estimate of drug-likeness (QED) is 0.912. The molecule has 1 atom stereocenters. The summed E-state index contributed by atoms with van der Waals surface area (Å²) in [6.07, 6.45) is 0. The molecule has 0 aliphatic carbocycles. The monoisotopic (exact) mass is 287 g/mol. The van der Waals surface area contributed by atoms with Crippen LogP contribution in [0.2, 0.25) is 0 Å². The van der Waals surface area contributed by atoms with Crippen molar-refractivity contribution in [1.82, 2.24) is 0 Å². The largest absolute Gasteiger partial charge is 0.351 e. The summed E-state index contributed by atoms with van der Waals surface area (Å²) in [4.78, 5) is 15.3. The zero-order valence-electron chi connectivity index (χ0n) is 11.3. The van der Waals surface area contributed by atoms with Gasteiger partial charge in [-0.25, -0.2) is 0 Å². The Morgan fingerprint density at radius 1 is 1.40 bits per heavy atom. The van der Waals surface area contributed by atoms with Crippen molar-refractivity contribution < 1.29 is 4.79 Å². The standard InChI is InChI=1S/C15H17N3OS/c1-10-6-7-20-15(10)13(8-16)18-9-14(19)17-11-4-2-3-5-12(11)18/h2-7,13H,8-9,16H2,1H3,(H,17,19). The molecule has 1 aliphatic rings. The third-order valence-corrected chi connectivity index (χ3v) is 4.73. The SMILES string of the molecule is Cc1ccsc1C(CN)N1CC(=O)Nc2ccccc21. The molecule has 1 unspecified atom stereocenters. The minimum Gasteiger partial charge on any atom is -0.351 e. The summed E-state index contributed by atoms with van der Waals surface area (Å²) in [7, 11) is 0. The van der Waals surface area contributed by atoms with Crippen molar-refractivity contribution in [3.63, 3.8) is 0 Å². The fourth-order valence-corrected chi connectivity index (χ4v) is 3.69. The number of hydrogen-bond acceptors (Lipinski definition) is 4. The van der Waals surface area contributed by atoms with Gasteiger partial charge in [0.1, 0.15) is 0 Å². The maximum absolute atomic E-state index is 11.9. The van der Waals surface area contributed by atoms with Crippen molar-refractivity contribution >= 4 is 28.6 Å². The van der Waals surface area contributed by atoms with Crippen LogP contribution in [-0.2, 0) is 4.79 Å². The first-order valence-corrected chi connectivity index (χ1v) is 7.48. The van der Waals surface area contributed by atoms with Gasteiger partial charge in [-0.1, -0.05) is 12.1 Å². The second-order valence-corrected chi connectivity index (χ2v) is 5.86. The van der Waals surface area contributed by atoms with Crippen LogP contribution in [-0.4, -0.2) is 19.0 Å². The van der Waals surface area contributed by atoms with Gasteiger partial charge < -0.3 is 16.0 Å². The van der Waals surface area contributed by atoms with Crippen LogP contribution in [0.1, 0.15) is 16.5 Å². The number of hydrogen-bond donors (Lipinski definition) is 2. The fourth-order valence-electron chi connectivity index (χ4n) is 2.64. The summed E-state index contributed by atoms with van der Waals surface area (Å²) in [6.45, 7) is 2.92. The van der Waals surface area contributed by atoms with E-state index in [0.29, 0.717) is 13.1 Å². The van der Waals surface area contributed by atoms with Gasteiger partial charge in [0.15, 0.2) is 0 Å². The first-order chi connectivity index (χ1) is 9.70. The summed E-state index contributed by atoms with van der Waals surface area (Å²) in [5.41, 5.74) is 9.13. The Bertz CT molecular complexity index is 638. The molecule has 0 fully saturated rings. The van der Waals surface area contributed by atoms with Crippen LogP contribution < -0.4 is 16.0 Å². The smallest absolute Gasteiger partial charge is 0.243 e. The van der Waals surface area contributed by atoms with Crippen LogP contribution in [0.15, 0.2) is 35.7 Å². The fraction of sp³-hybridized carbons (Fsp3) is 0.267. The Morgan fingerprint density at radius 2 is 2.20 bits per heavy atom. The number of benzene rings is 1. The molecule has 1 amide bonds. The van der Waals surface area contributed by atoms with Gasteiger partial charge in [0.25, 0.3) is 0 Å². The van der Waals surface area contributed by atoms with Crippen LogP contribution >= 0.6 is 11.3 Å². The Morgan fingerprint density at radius 3 is 2.90 bits per heavy atom. The molecule has 0 bridgehead atoms. The highest BCUT2D eigenvalue weighted by Crippen LogP contribution is 2.37. The van der Waals surface area contributed by atoms with E-state index in [9.17, 15) is 4.79 Å². The Kier molecular flexibility index (Phi) is 3.46. The second-order valence-electron chi connectivity index (χ2n) is 4.91. The number of fused-ring (bicyclic) bond motifs is 1. The second kappa shape index (κ2) is 5.26. The van der Waals surface area contributed by atoms with E-state index in [0.717, 1.165) is 11.4 Å². The predicted octanol–water partition coefficient (Wildman–Crippen LogP) is 2.52. The number of aryl methyl sites for hydroxylation is 1. The Hall–Kier alpha value is -1.85. The first-order valence-electron chi connectivity index (χ1n) is 6.60. The molecule has 5 heteroatoms. The van der Waals surface area contributed by atoms with E-state index in [1.54, 1.807) is 11.3 Å². The molecule has 104 valence electrons. The average Bonchev–Trinajstić information content (AvgIpc) is 2.86. The van der Waals surface area contributed by atoms with Crippen molar-refractivity contribution in [3.8, 4) is 0 Å². The molecule has 4 nitrogen and oxygen atoms in total. The molecule has 0 saturated carbocycles. The van der Waals surface area contributed by atoms with E-state index in [4.69, 9.17) is 5.73 Å². The Balaban J connectivity index is 2.04. The molecule has 0 saturated heterocycles. The molecular weight excluding hydrogens is 270 g/mol. The maximum atomic E-state index is 11.9. The highest BCUT2D eigenvalue weighted by atomic mass is 32.1. The molecule has 2 heterocycles. The lowest BCUT2D eigenvalue weighted by atomic mass is 10.1. The van der Waals surface area contributed by atoms with Crippen LogP contribution in [0, 0.1) is 6.92 Å². The first kappa shape index (κ1) is 13.1. The zero-order chi connectivity index (χ0) is 14.1. The number of para-hydroxylation sites is 2. The number of carbonyl (C=O) groups is 1. The third-order valence-electron chi connectivity index (χ3n) is 3.61. The summed E-state index contributed by atoms with van der Waals surface area (Å²) in [5.74, 6) is 0.0105. The van der Waals surface area contributed by atoms with Crippen molar-refractivity contribution in [2.45, 2.75) is 13.0 Å². The lowest BCUT2D eigenvalue weighted by Gasteiger charge is -2.36. The van der Waals surface area contributed by atoms with Gasteiger partial charge in [-0.05, 0) is 36.1 Å². The maximum Gasteiger partial charge on any atom is 0.243 e. The molecule has 2 aromatic rings. The van der Waals surface area contributed by atoms with Gasteiger partial charge in [-0.2, -0.15) is 0 Å². The number of thiophene rings is 1. The summed E-state index contributed by atoms with van der Waals surface area (Å²) in [5, 5.41) is 4.98.